The highest BCUT2D eigenvalue weighted by atomic mass is 16.5. The van der Waals surface area contributed by atoms with Gasteiger partial charge < -0.3 is 20.3 Å². The number of amides is 2. The number of carbonyl (C=O) groups excluding carboxylic acids is 2. The molecule has 0 bridgehead atoms. The van der Waals surface area contributed by atoms with Crippen LogP contribution in [-0.4, -0.2) is 54.9 Å². The Balaban J connectivity index is 1.90. The quantitative estimate of drug-likeness (QED) is 0.454. The lowest BCUT2D eigenvalue weighted by molar-refractivity contribution is 0.0821. The molecule has 2 N–H and O–H groups in total. The standard InChI is InChI=1S/C26H25N5O3/c1-27-25(32)20-15-29-22-13-23(34-4)18(16-10-11-21(28-14-16)26(33)31(2)3)12-19(22)24(20)30-17-8-6-5-7-9-17/h5-15H,1-4H3,(H,27,32)(H,29,30). The van der Waals surface area contributed by atoms with Gasteiger partial charge in [0.1, 0.15) is 11.4 Å². The monoisotopic (exact) mass is 455 g/mol. The fourth-order valence-electron chi connectivity index (χ4n) is 3.63. The third kappa shape index (κ3) is 4.38. The van der Waals surface area contributed by atoms with E-state index >= 15 is 0 Å². The topological polar surface area (TPSA) is 96.4 Å². The molecular formula is C26H25N5O3. The van der Waals surface area contributed by atoms with Gasteiger partial charge in [0.05, 0.1) is 23.9 Å². The molecule has 34 heavy (non-hydrogen) atoms. The zero-order valence-electron chi connectivity index (χ0n) is 19.4. The van der Waals surface area contributed by atoms with Crippen molar-refractivity contribution in [1.29, 1.82) is 0 Å². The number of carbonyl (C=O) groups is 2. The maximum atomic E-state index is 12.6. The van der Waals surface area contributed by atoms with Crippen molar-refractivity contribution in [3.63, 3.8) is 0 Å². The van der Waals surface area contributed by atoms with Crippen LogP contribution in [0.5, 0.6) is 5.75 Å². The molecule has 0 aliphatic heterocycles. The number of hydrogen-bond donors (Lipinski definition) is 2. The molecule has 2 aromatic carbocycles. The van der Waals surface area contributed by atoms with Crippen LogP contribution in [0, 0.1) is 0 Å². The summed E-state index contributed by atoms with van der Waals surface area (Å²) in [5.74, 6) is 0.177. The second-order valence-corrected chi connectivity index (χ2v) is 7.82. The Morgan fingerprint density at radius 1 is 0.971 bits per heavy atom. The first-order chi connectivity index (χ1) is 16.4. The van der Waals surface area contributed by atoms with Crippen molar-refractivity contribution in [1.82, 2.24) is 20.2 Å². The van der Waals surface area contributed by atoms with Crippen molar-refractivity contribution in [2.45, 2.75) is 0 Å². The van der Waals surface area contributed by atoms with E-state index in [4.69, 9.17) is 4.74 Å². The van der Waals surface area contributed by atoms with E-state index in [1.165, 1.54) is 4.90 Å². The first kappa shape index (κ1) is 22.7. The highest BCUT2D eigenvalue weighted by Gasteiger charge is 2.19. The first-order valence-electron chi connectivity index (χ1n) is 10.7. The number of nitrogens with one attached hydrogen (secondary N) is 2. The fraction of sp³-hybridized carbons (Fsp3) is 0.154. The lowest BCUT2D eigenvalue weighted by Crippen LogP contribution is -2.22. The molecule has 8 nitrogen and oxygen atoms in total. The molecule has 2 heterocycles. The summed E-state index contributed by atoms with van der Waals surface area (Å²) in [7, 11) is 6.54. The molecule has 4 rings (SSSR count). The van der Waals surface area contributed by atoms with Crippen molar-refractivity contribution in [3.05, 3.63) is 78.2 Å². The molecule has 4 aromatic rings. The highest BCUT2D eigenvalue weighted by Crippen LogP contribution is 2.38. The van der Waals surface area contributed by atoms with E-state index in [0.29, 0.717) is 28.2 Å². The van der Waals surface area contributed by atoms with E-state index in [9.17, 15) is 9.59 Å². The summed E-state index contributed by atoms with van der Waals surface area (Å²) < 4.78 is 5.64. The molecule has 8 heteroatoms. The van der Waals surface area contributed by atoms with E-state index in [-0.39, 0.29) is 11.8 Å². The molecule has 0 aliphatic rings. The Morgan fingerprint density at radius 2 is 1.74 bits per heavy atom. The lowest BCUT2D eigenvalue weighted by atomic mass is 10.0. The molecule has 172 valence electrons. The predicted octanol–water partition coefficient (Wildman–Crippen LogP) is 4.11. The highest BCUT2D eigenvalue weighted by molar-refractivity contribution is 6.09. The van der Waals surface area contributed by atoms with E-state index in [1.54, 1.807) is 46.7 Å². The van der Waals surface area contributed by atoms with Gasteiger partial charge in [0.2, 0.25) is 0 Å². The third-order valence-electron chi connectivity index (χ3n) is 5.40. The largest absolute Gasteiger partial charge is 0.496 e. The van der Waals surface area contributed by atoms with Gasteiger partial charge in [0.15, 0.2) is 0 Å². The molecule has 0 spiro atoms. The molecule has 2 aromatic heterocycles. The second-order valence-electron chi connectivity index (χ2n) is 7.82. The second kappa shape index (κ2) is 9.58. The van der Waals surface area contributed by atoms with Gasteiger partial charge in [0, 0.05) is 61.8 Å². The predicted molar refractivity (Wildman–Crippen MR) is 133 cm³/mol. The zero-order valence-corrected chi connectivity index (χ0v) is 19.4. The molecule has 0 saturated carbocycles. The number of nitrogens with zero attached hydrogens (tertiary/aromatic N) is 3. The van der Waals surface area contributed by atoms with Gasteiger partial charge in [-0.3, -0.25) is 19.6 Å². The van der Waals surface area contributed by atoms with E-state index in [2.05, 4.69) is 20.6 Å². The number of aromatic nitrogens is 2. The summed E-state index contributed by atoms with van der Waals surface area (Å²) >= 11 is 0. The normalized spacial score (nSPS) is 10.6. The average Bonchev–Trinajstić information content (AvgIpc) is 2.87. The Morgan fingerprint density at radius 3 is 2.35 bits per heavy atom. The SMILES string of the molecule is CNC(=O)c1cnc2cc(OC)c(-c3ccc(C(=O)N(C)C)nc3)cc2c1Nc1ccccc1. The van der Waals surface area contributed by atoms with Crippen LogP contribution in [0.2, 0.25) is 0 Å². The van der Waals surface area contributed by atoms with Gasteiger partial charge in [-0.25, -0.2) is 0 Å². The van der Waals surface area contributed by atoms with Gasteiger partial charge in [-0.2, -0.15) is 0 Å². The number of anilines is 2. The number of pyridine rings is 2. The van der Waals surface area contributed by atoms with Gasteiger partial charge in [-0.1, -0.05) is 24.3 Å². The molecule has 0 unspecified atom stereocenters. The Labute approximate surface area is 197 Å². The fourth-order valence-corrected chi connectivity index (χ4v) is 3.63. The molecule has 0 radical (unpaired) electrons. The van der Waals surface area contributed by atoms with Crippen LogP contribution in [0.1, 0.15) is 20.8 Å². The first-order valence-corrected chi connectivity index (χ1v) is 10.7. The number of para-hydroxylation sites is 1. The van der Waals surface area contributed by atoms with Crippen LogP contribution in [0.25, 0.3) is 22.0 Å². The van der Waals surface area contributed by atoms with Crippen LogP contribution in [0.15, 0.2) is 67.0 Å². The minimum atomic E-state index is -0.251. The summed E-state index contributed by atoms with van der Waals surface area (Å²) in [6.07, 6.45) is 3.19. The van der Waals surface area contributed by atoms with Crippen molar-refractivity contribution in [3.8, 4) is 16.9 Å². The van der Waals surface area contributed by atoms with E-state index in [0.717, 1.165) is 22.2 Å². The number of benzene rings is 2. The van der Waals surface area contributed by atoms with Gasteiger partial charge in [-0.15, -0.1) is 0 Å². The van der Waals surface area contributed by atoms with Gasteiger partial charge in [0.25, 0.3) is 11.8 Å². The van der Waals surface area contributed by atoms with Crippen molar-refractivity contribution < 1.29 is 14.3 Å². The van der Waals surface area contributed by atoms with Crippen molar-refractivity contribution >= 4 is 34.1 Å². The molecule has 2 amide bonds. The summed E-state index contributed by atoms with van der Waals surface area (Å²) in [5, 5.41) is 6.80. The van der Waals surface area contributed by atoms with E-state index < -0.39 is 0 Å². The number of hydrogen-bond acceptors (Lipinski definition) is 6. The van der Waals surface area contributed by atoms with Crippen LogP contribution < -0.4 is 15.4 Å². The molecule has 0 atom stereocenters. The molecular weight excluding hydrogens is 430 g/mol. The van der Waals surface area contributed by atoms with Crippen molar-refractivity contribution in [2.75, 3.05) is 33.6 Å². The third-order valence-corrected chi connectivity index (χ3v) is 5.40. The maximum absolute atomic E-state index is 12.6. The average molecular weight is 456 g/mol. The zero-order chi connectivity index (χ0) is 24.2. The lowest BCUT2D eigenvalue weighted by Gasteiger charge is -2.17. The van der Waals surface area contributed by atoms with E-state index in [1.807, 2.05) is 48.5 Å². The Bertz CT molecular complexity index is 1350. The van der Waals surface area contributed by atoms with Crippen LogP contribution >= 0.6 is 0 Å². The Hall–Kier alpha value is -4.46. The molecule has 0 saturated heterocycles. The van der Waals surface area contributed by atoms with Gasteiger partial charge in [-0.05, 0) is 24.3 Å². The number of ether oxygens (including phenoxy) is 1. The molecule has 0 fully saturated rings. The number of methoxy groups -OCH3 is 1. The summed E-state index contributed by atoms with van der Waals surface area (Å²) in [6.45, 7) is 0. The maximum Gasteiger partial charge on any atom is 0.271 e. The summed E-state index contributed by atoms with van der Waals surface area (Å²) in [5.41, 5.74) is 4.43. The number of rotatable bonds is 6. The summed E-state index contributed by atoms with van der Waals surface area (Å²) in [4.78, 5) is 35.2. The number of fused-ring (bicyclic) bond motifs is 1. The Kier molecular flexibility index (Phi) is 6.40. The minimum absolute atomic E-state index is 0.175. The minimum Gasteiger partial charge on any atom is -0.496 e. The van der Waals surface area contributed by atoms with Crippen molar-refractivity contribution in [2.24, 2.45) is 0 Å². The molecule has 0 aliphatic carbocycles. The van der Waals surface area contributed by atoms with Crippen LogP contribution in [-0.2, 0) is 0 Å². The smallest absolute Gasteiger partial charge is 0.271 e. The van der Waals surface area contributed by atoms with Gasteiger partial charge >= 0.3 is 0 Å². The van der Waals surface area contributed by atoms with Crippen LogP contribution in [0.3, 0.4) is 0 Å². The summed E-state index contributed by atoms with van der Waals surface area (Å²) in [6, 6.07) is 16.9. The van der Waals surface area contributed by atoms with Crippen LogP contribution in [0.4, 0.5) is 11.4 Å².